The van der Waals surface area contributed by atoms with Gasteiger partial charge in [0.05, 0.1) is 0 Å². The lowest BCUT2D eigenvalue weighted by Crippen LogP contribution is -2.05. The third-order valence-electron chi connectivity index (χ3n) is 3.58. The standard InChI is InChI=1S/C16H18N2O/c1-11(17)14-6-8-16(18-10-14)19-15-7-5-12-3-2-4-13(12)9-15/h5-11H,2-4,17H2,1H3/t11-/m0/s1. The maximum absolute atomic E-state index is 5.80. The Kier molecular flexibility index (Phi) is 3.22. The maximum atomic E-state index is 5.80. The zero-order valence-corrected chi connectivity index (χ0v) is 11.1. The minimum atomic E-state index is 0.00143. The number of hydrogen-bond acceptors (Lipinski definition) is 3. The van der Waals surface area contributed by atoms with Gasteiger partial charge in [0.1, 0.15) is 5.75 Å². The van der Waals surface area contributed by atoms with Gasteiger partial charge < -0.3 is 10.5 Å². The highest BCUT2D eigenvalue weighted by atomic mass is 16.5. The summed E-state index contributed by atoms with van der Waals surface area (Å²) in [6.07, 6.45) is 5.37. The Morgan fingerprint density at radius 2 is 2.00 bits per heavy atom. The highest BCUT2D eigenvalue weighted by Crippen LogP contribution is 2.28. The van der Waals surface area contributed by atoms with Crippen molar-refractivity contribution in [1.29, 1.82) is 0 Å². The van der Waals surface area contributed by atoms with Crippen LogP contribution < -0.4 is 10.5 Å². The molecule has 0 saturated carbocycles. The Bertz CT molecular complexity index is 576. The minimum absolute atomic E-state index is 0.00143. The van der Waals surface area contributed by atoms with E-state index in [-0.39, 0.29) is 6.04 Å². The number of hydrogen-bond donors (Lipinski definition) is 1. The molecule has 3 nitrogen and oxygen atoms in total. The molecule has 98 valence electrons. The molecule has 0 aliphatic heterocycles. The molecule has 0 bridgehead atoms. The van der Waals surface area contributed by atoms with Crippen LogP contribution in [0.25, 0.3) is 0 Å². The second-order valence-corrected chi connectivity index (χ2v) is 5.10. The van der Waals surface area contributed by atoms with Crippen LogP contribution in [0.4, 0.5) is 0 Å². The van der Waals surface area contributed by atoms with E-state index in [2.05, 4.69) is 17.1 Å². The number of aryl methyl sites for hydroxylation is 2. The van der Waals surface area contributed by atoms with Crippen LogP contribution in [0.2, 0.25) is 0 Å². The molecule has 0 radical (unpaired) electrons. The van der Waals surface area contributed by atoms with Gasteiger partial charge in [0.2, 0.25) is 5.88 Å². The van der Waals surface area contributed by atoms with Crippen LogP contribution in [0.5, 0.6) is 11.6 Å². The molecule has 3 heteroatoms. The summed E-state index contributed by atoms with van der Waals surface area (Å²) < 4.78 is 5.79. The first kappa shape index (κ1) is 12.2. The Hall–Kier alpha value is -1.87. The van der Waals surface area contributed by atoms with Crippen LogP contribution >= 0.6 is 0 Å². The van der Waals surface area contributed by atoms with Gasteiger partial charge in [0.15, 0.2) is 0 Å². The largest absolute Gasteiger partial charge is 0.439 e. The lowest BCUT2D eigenvalue weighted by Gasteiger charge is -2.08. The average molecular weight is 254 g/mol. The normalized spacial score (nSPS) is 15.1. The zero-order valence-electron chi connectivity index (χ0n) is 11.1. The van der Waals surface area contributed by atoms with Crippen molar-refractivity contribution in [3.8, 4) is 11.6 Å². The van der Waals surface area contributed by atoms with E-state index in [4.69, 9.17) is 10.5 Å². The molecule has 1 atom stereocenters. The molecule has 1 aromatic carbocycles. The monoisotopic (exact) mass is 254 g/mol. The van der Waals surface area contributed by atoms with Crippen molar-refractivity contribution >= 4 is 0 Å². The minimum Gasteiger partial charge on any atom is -0.439 e. The molecule has 3 rings (SSSR count). The van der Waals surface area contributed by atoms with Crippen molar-refractivity contribution in [2.75, 3.05) is 0 Å². The van der Waals surface area contributed by atoms with Gasteiger partial charge in [0, 0.05) is 18.3 Å². The van der Waals surface area contributed by atoms with Gasteiger partial charge in [-0.05, 0) is 55.0 Å². The second kappa shape index (κ2) is 5.02. The van der Waals surface area contributed by atoms with Crippen LogP contribution in [-0.4, -0.2) is 4.98 Å². The molecule has 0 unspecified atom stereocenters. The van der Waals surface area contributed by atoms with Crippen molar-refractivity contribution in [3.05, 3.63) is 53.2 Å². The molecule has 2 aromatic rings. The molecule has 0 fully saturated rings. The molecule has 1 heterocycles. The topological polar surface area (TPSA) is 48.1 Å². The summed E-state index contributed by atoms with van der Waals surface area (Å²) in [6.45, 7) is 1.94. The third-order valence-corrected chi connectivity index (χ3v) is 3.58. The van der Waals surface area contributed by atoms with E-state index >= 15 is 0 Å². The van der Waals surface area contributed by atoms with E-state index in [0.29, 0.717) is 5.88 Å². The van der Waals surface area contributed by atoms with Gasteiger partial charge in [0.25, 0.3) is 0 Å². The van der Waals surface area contributed by atoms with Crippen LogP contribution in [-0.2, 0) is 12.8 Å². The second-order valence-electron chi connectivity index (χ2n) is 5.10. The van der Waals surface area contributed by atoms with E-state index < -0.39 is 0 Å². The fourth-order valence-electron chi connectivity index (χ4n) is 2.45. The summed E-state index contributed by atoms with van der Waals surface area (Å²) in [4.78, 5) is 4.29. The maximum Gasteiger partial charge on any atom is 0.219 e. The summed E-state index contributed by atoms with van der Waals surface area (Å²) in [7, 11) is 0. The zero-order chi connectivity index (χ0) is 13.2. The Labute approximate surface area is 113 Å². The molecular weight excluding hydrogens is 236 g/mol. The molecule has 19 heavy (non-hydrogen) atoms. The van der Waals surface area contributed by atoms with Gasteiger partial charge in [-0.25, -0.2) is 4.98 Å². The Morgan fingerprint density at radius 1 is 1.16 bits per heavy atom. The number of fused-ring (bicyclic) bond motifs is 1. The molecule has 0 spiro atoms. The van der Waals surface area contributed by atoms with Gasteiger partial charge in [-0.15, -0.1) is 0 Å². The summed E-state index contributed by atoms with van der Waals surface area (Å²) in [5.41, 5.74) is 9.67. The quantitative estimate of drug-likeness (QED) is 0.913. The lowest BCUT2D eigenvalue weighted by atomic mass is 10.1. The van der Waals surface area contributed by atoms with E-state index in [9.17, 15) is 0 Å². The van der Waals surface area contributed by atoms with E-state index in [0.717, 1.165) is 17.7 Å². The molecule has 1 aromatic heterocycles. The lowest BCUT2D eigenvalue weighted by molar-refractivity contribution is 0.461. The van der Waals surface area contributed by atoms with Crippen LogP contribution in [0.3, 0.4) is 0 Å². The number of benzene rings is 1. The van der Waals surface area contributed by atoms with Crippen molar-refractivity contribution in [3.63, 3.8) is 0 Å². The highest BCUT2D eigenvalue weighted by Gasteiger charge is 2.11. The molecule has 1 aliphatic rings. The SMILES string of the molecule is C[C@H](N)c1ccc(Oc2ccc3c(c2)CCC3)nc1. The van der Waals surface area contributed by atoms with Crippen LogP contribution in [0, 0.1) is 0 Å². The van der Waals surface area contributed by atoms with Gasteiger partial charge in [-0.2, -0.15) is 0 Å². The Morgan fingerprint density at radius 3 is 2.74 bits per heavy atom. The summed E-state index contributed by atoms with van der Waals surface area (Å²) in [5, 5.41) is 0. The predicted molar refractivity (Wildman–Crippen MR) is 75.4 cm³/mol. The number of rotatable bonds is 3. The fourth-order valence-corrected chi connectivity index (χ4v) is 2.45. The summed E-state index contributed by atoms with van der Waals surface area (Å²) in [6, 6.07) is 10.1. The molecule has 0 saturated heterocycles. The van der Waals surface area contributed by atoms with E-state index in [1.807, 2.05) is 25.1 Å². The predicted octanol–water partition coefficient (Wildman–Crippen LogP) is 3.38. The number of nitrogens with two attached hydrogens (primary N) is 1. The molecule has 2 N–H and O–H groups in total. The fraction of sp³-hybridized carbons (Fsp3) is 0.312. The summed E-state index contributed by atoms with van der Waals surface area (Å²) in [5.74, 6) is 1.48. The number of aromatic nitrogens is 1. The molecular formula is C16H18N2O. The van der Waals surface area contributed by atoms with Gasteiger partial charge >= 0.3 is 0 Å². The number of ether oxygens (including phenoxy) is 1. The van der Waals surface area contributed by atoms with Gasteiger partial charge in [-0.3, -0.25) is 0 Å². The first-order valence-corrected chi connectivity index (χ1v) is 6.73. The smallest absolute Gasteiger partial charge is 0.219 e. The van der Waals surface area contributed by atoms with E-state index in [1.165, 1.54) is 24.0 Å². The van der Waals surface area contributed by atoms with Crippen molar-refractivity contribution in [2.24, 2.45) is 5.73 Å². The average Bonchev–Trinajstić information content (AvgIpc) is 2.87. The van der Waals surface area contributed by atoms with Crippen molar-refractivity contribution in [1.82, 2.24) is 4.98 Å². The van der Waals surface area contributed by atoms with Gasteiger partial charge in [-0.1, -0.05) is 12.1 Å². The van der Waals surface area contributed by atoms with Crippen LogP contribution in [0.15, 0.2) is 36.5 Å². The number of pyridine rings is 1. The third kappa shape index (κ3) is 2.61. The van der Waals surface area contributed by atoms with E-state index in [1.54, 1.807) is 6.20 Å². The van der Waals surface area contributed by atoms with Crippen molar-refractivity contribution in [2.45, 2.75) is 32.2 Å². The first-order chi connectivity index (χ1) is 9.22. The van der Waals surface area contributed by atoms with Crippen LogP contribution in [0.1, 0.15) is 36.1 Å². The highest BCUT2D eigenvalue weighted by molar-refractivity contribution is 5.39. The number of nitrogens with zero attached hydrogens (tertiary/aromatic N) is 1. The van der Waals surface area contributed by atoms with Crippen molar-refractivity contribution < 1.29 is 4.74 Å². The molecule has 1 aliphatic carbocycles. The first-order valence-electron chi connectivity index (χ1n) is 6.73. The Balaban J connectivity index is 1.77. The molecule has 0 amide bonds. The summed E-state index contributed by atoms with van der Waals surface area (Å²) >= 11 is 0.